The molecule has 1 N–H and O–H groups in total. The Balaban J connectivity index is 1.62. The summed E-state index contributed by atoms with van der Waals surface area (Å²) in [6, 6.07) is 21.8. The van der Waals surface area contributed by atoms with Crippen LogP contribution in [0, 0.1) is 5.82 Å². The lowest BCUT2D eigenvalue weighted by Crippen LogP contribution is -2.53. The van der Waals surface area contributed by atoms with E-state index in [0.717, 1.165) is 31.2 Å². The van der Waals surface area contributed by atoms with Crippen molar-refractivity contribution in [3.8, 4) is 5.75 Å². The average Bonchev–Trinajstić information content (AvgIpc) is 3.39. The van der Waals surface area contributed by atoms with E-state index >= 15 is 0 Å². The van der Waals surface area contributed by atoms with Crippen LogP contribution in [0.2, 0.25) is 5.02 Å². The standard InChI is InChI=1S/C29H30ClFN2O3/c30-23-12-8-15-25(18-23)36-20-28(34)33(19-22-11-4-7-16-26(22)31)27(17-21-9-2-1-3-10-21)29(35)32-24-13-5-6-14-24/h1-4,7-12,15-16,18,24,27H,5-6,13-14,17,19-20H2,(H,32,35)/t27-/m1/s1. The van der Waals surface area contributed by atoms with Crippen LogP contribution in [0.3, 0.4) is 0 Å². The fraction of sp³-hybridized carbons (Fsp3) is 0.310. The summed E-state index contributed by atoms with van der Waals surface area (Å²) < 4.78 is 20.4. The highest BCUT2D eigenvalue weighted by Crippen LogP contribution is 2.21. The molecular formula is C29H30ClFN2O3. The third kappa shape index (κ3) is 7.08. The molecule has 0 spiro atoms. The van der Waals surface area contributed by atoms with Crippen LogP contribution in [0.15, 0.2) is 78.9 Å². The number of rotatable bonds is 10. The molecule has 3 aromatic rings. The number of nitrogens with one attached hydrogen (secondary N) is 1. The zero-order valence-corrected chi connectivity index (χ0v) is 20.8. The summed E-state index contributed by atoms with van der Waals surface area (Å²) in [7, 11) is 0. The molecule has 0 heterocycles. The van der Waals surface area contributed by atoms with E-state index in [2.05, 4.69) is 5.32 Å². The molecule has 188 valence electrons. The second-order valence-electron chi connectivity index (χ2n) is 9.05. The van der Waals surface area contributed by atoms with Gasteiger partial charge in [0.1, 0.15) is 17.6 Å². The highest BCUT2D eigenvalue weighted by Gasteiger charge is 2.32. The van der Waals surface area contributed by atoms with Crippen LogP contribution in [-0.2, 0) is 22.6 Å². The van der Waals surface area contributed by atoms with Crippen molar-refractivity contribution < 1.29 is 18.7 Å². The third-order valence-corrected chi connectivity index (χ3v) is 6.66. The molecule has 0 radical (unpaired) electrons. The summed E-state index contributed by atoms with van der Waals surface area (Å²) in [5.74, 6) is -0.642. The lowest BCUT2D eigenvalue weighted by Gasteiger charge is -2.32. The maximum absolute atomic E-state index is 14.6. The molecule has 0 unspecified atom stereocenters. The minimum atomic E-state index is -0.830. The minimum absolute atomic E-state index is 0.0556. The zero-order chi connectivity index (χ0) is 25.3. The van der Waals surface area contributed by atoms with Gasteiger partial charge in [0.15, 0.2) is 6.61 Å². The Labute approximate surface area is 216 Å². The normalized spacial score (nSPS) is 14.3. The summed E-state index contributed by atoms with van der Waals surface area (Å²) in [6.45, 7) is -0.364. The molecule has 0 aliphatic heterocycles. The Hall–Kier alpha value is -3.38. The maximum Gasteiger partial charge on any atom is 0.261 e. The third-order valence-electron chi connectivity index (χ3n) is 6.43. The van der Waals surface area contributed by atoms with Crippen molar-refractivity contribution >= 4 is 23.4 Å². The number of hydrogen-bond donors (Lipinski definition) is 1. The van der Waals surface area contributed by atoms with Crippen molar-refractivity contribution in [2.45, 2.75) is 50.7 Å². The fourth-order valence-electron chi connectivity index (χ4n) is 4.52. The summed E-state index contributed by atoms with van der Waals surface area (Å²) in [4.78, 5) is 28.6. The first-order chi connectivity index (χ1) is 17.5. The smallest absolute Gasteiger partial charge is 0.261 e. The van der Waals surface area contributed by atoms with Crippen LogP contribution in [0.1, 0.15) is 36.8 Å². The van der Waals surface area contributed by atoms with Crippen LogP contribution in [0.4, 0.5) is 4.39 Å². The van der Waals surface area contributed by atoms with Gasteiger partial charge in [-0.3, -0.25) is 9.59 Å². The molecule has 1 aliphatic rings. The number of carbonyl (C=O) groups excluding carboxylic acids is 2. The molecule has 0 bridgehead atoms. The van der Waals surface area contributed by atoms with Crippen molar-refractivity contribution in [1.29, 1.82) is 0 Å². The van der Waals surface area contributed by atoms with Gasteiger partial charge in [-0.2, -0.15) is 0 Å². The van der Waals surface area contributed by atoms with Gasteiger partial charge in [-0.05, 0) is 42.7 Å². The first kappa shape index (κ1) is 25.7. The van der Waals surface area contributed by atoms with Crippen molar-refractivity contribution in [2.75, 3.05) is 6.61 Å². The van der Waals surface area contributed by atoms with E-state index < -0.39 is 17.8 Å². The number of nitrogens with zero attached hydrogens (tertiary/aromatic N) is 1. The molecule has 36 heavy (non-hydrogen) atoms. The van der Waals surface area contributed by atoms with Gasteiger partial charge < -0.3 is 15.0 Å². The van der Waals surface area contributed by atoms with E-state index in [1.165, 1.54) is 11.0 Å². The van der Waals surface area contributed by atoms with Crippen molar-refractivity contribution in [3.05, 3.63) is 101 Å². The summed E-state index contributed by atoms with van der Waals surface area (Å²) in [5.41, 5.74) is 1.24. The van der Waals surface area contributed by atoms with Crippen LogP contribution < -0.4 is 10.1 Å². The quantitative estimate of drug-likeness (QED) is 0.390. The van der Waals surface area contributed by atoms with Crippen LogP contribution in [-0.4, -0.2) is 35.4 Å². The highest BCUT2D eigenvalue weighted by atomic mass is 35.5. The Bertz CT molecular complexity index is 1170. The van der Waals surface area contributed by atoms with Gasteiger partial charge in [0.2, 0.25) is 5.91 Å². The zero-order valence-electron chi connectivity index (χ0n) is 20.0. The Morgan fingerprint density at radius 2 is 1.72 bits per heavy atom. The fourth-order valence-corrected chi connectivity index (χ4v) is 4.70. The lowest BCUT2D eigenvalue weighted by atomic mass is 10.0. The molecule has 1 saturated carbocycles. The molecule has 2 amide bonds. The molecule has 1 aliphatic carbocycles. The number of hydrogen-bond acceptors (Lipinski definition) is 3. The lowest BCUT2D eigenvalue weighted by molar-refractivity contribution is -0.143. The predicted molar refractivity (Wildman–Crippen MR) is 138 cm³/mol. The van der Waals surface area contributed by atoms with Crippen molar-refractivity contribution in [1.82, 2.24) is 10.2 Å². The van der Waals surface area contributed by atoms with Gasteiger partial charge >= 0.3 is 0 Å². The van der Waals surface area contributed by atoms with Gasteiger partial charge in [0.25, 0.3) is 5.91 Å². The van der Waals surface area contributed by atoms with Gasteiger partial charge in [-0.15, -0.1) is 0 Å². The first-order valence-electron chi connectivity index (χ1n) is 12.2. The average molecular weight is 509 g/mol. The SMILES string of the molecule is O=C(NC1CCCC1)[C@@H](Cc1ccccc1)N(Cc1ccccc1F)C(=O)COc1cccc(Cl)c1. The van der Waals surface area contributed by atoms with E-state index in [4.69, 9.17) is 16.3 Å². The molecule has 0 saturated heterocycles. The number of carbonyl (C=O) groups is 2. The molecule has 1 fully saturated rings. The Morgan fingerprint density at radius 3 is 2.44 bits per heavy atom. The molecule has 4 rings (SSSR count). The second kappa shape index (κ2) is 12.5. The largest absolute Gasteiger partial charge is 0.484 e. The molecular weight excluding hydrogens is 479 g/mol. The maximum atomic E-state index is 14.6. The number of ether oxygens (including phenoxy) is 1. The molecule has 7 heteroatoms. The summed E-state index contributed by atoms with van der Waals surface area (Å²) in [6.07, 6.45) is 4.28. The van der Waals surface area contributed by atoms with Crippen LogP contribution in [0.25, 0.3) is 0 Å². The monoisotopic (exact) mass is 508 g/mol. The minimum Gasteiger partial charge on any atom is -0.484 e. The van der Waals surface area contributed by atoms with Crippen LogP contribution >= 0.6 is 11.6 Å². The Morgan fingerprint density at radius 1 is 1.00 bits per heavy atom. The summed E-state index contributed by atoms with van der Waals surface area (Å²) in [5, 5.41) is 3.62. The van der Waals surface area contributed by atoms with Crippen molar-refractivity contribution in [2.24, 2.45) is 0 Å². The molecule has 3 aromatic carbocycles. The predicted octanol–water partition coefficient (Wildman–Crippen LogP) is 5.56. The van der Waals surface area contributed by atoms with E-state index in [1.807, 2.05) is 30.3 Å². The number of benzene rings is 3. The van der Waals surface area contributed by atoms with Gasteiger partial charge in [0.05, 0.1) is 0 Å². The van der Waals surface area contributed by atoms with Gasteiger partial charge in [-0.1, -0.05) is 79.0 Å². The number of amides is 2. The van der Waals surface area contributed by atoms with E-state index in [-0.39, 0.29) is 25.1 Å². The van der Waals surface area contributed by atoms with Crippen molar-refractivity contribution in [3.63, 3.8) is 0 Å². The van der Waals surface area contributed by atoms with E-state index in [9.17, 15) is 14.0 Å². The first-order valence-corrected chi connectivity index (χ1v) is 12.6. The topological polar surface area (TPSA) is 58.6 Å². The molecule has 1 atom stereocenters. The molecule has 5 nitrogen and oxygen atoms in total. The Kier molecular flexibility index (Phi) is 8.95. The highest BCUT2D eigenvalue weighted by molar-refractivity contribution is 6.30. The second-order valence-corrected chi connectivity index (χ2v) is 9.49. The van der Waals surface area contributed by atoms with Gasteiger partial charge in [0, 0.05) is 29.6 Å². The molecule has 0 aromatic heterocycles. The number of halogens is 2. The summed E-state index contributed by atoms with van der Waals surface area (Å²) >= 11 is 6.04. The van der Waals surface area contributed by atoms with Crippen LogP contribution in [0.5, 0.6) is 5.75 Å². The van der Waals surface area contributed by atoms with E-state index in [1.54, 1.807) is 42.5 Å². The van der Waals surface area contributed by atoms with E-state index in [0.29, 0.717) is 22.8 Å². The van der Waals surface area contributed by atoms with Gasteiger partial charge in [-0.25, -0.2) is 4.39 Å².